The number of nitrogens with one attached hydrogen (secondary N) is 1. The lowest BCUT2D eigenvalue weighted by molar-refractivity contribution is -0.116. The maximum atomic E-state index is 13.3. The fourth-order valence-corrected chi connectivity index (χ4v) is 2.50. The van der Waals surface area contributed by atoms with Gasteiger partial charge in [-0.05, 0) is 59.8 Å². The average Bonchev–Trinajstić information content (AvgIpc) is 2.86. The monoisotopic (exact) mass is 329 g/mol. The molecule has 1 heterocycles. The minimum Gasteiger partial charge on any atom is -0.378 e. The van der Waals surface area contributed by atoms with Crippen LogP contribution in [-0.2, 0) is 9.53 Å². The third-order valence-corrected chi connectivity index (χ3v) is 3.87. The van der Waals surface area contributed by atoms with Crippen LogP contribution < -0.4 is 5.32 Å². The van der Waals surface area contributed by atoms with Crippen LogP contribution in [0, 0.1) is 12.7 Å². The predicted molar refractivity (Wildman–Crippen MR) is 75.7 cm³/mol. The molecule has 0 bridgehead atoms. The Morgan fingerprint density at radius 2 is 2.37 bits per heavy atom. The van der Waals surface area contributed by atoms with E-state index in [1.165, 1.54) is 6.07 Å². The molecular weight excluding hydrogens is 313 g/mol. The van der Waals surface area contributed by atoms with Gasteiger partial charge in [-0.2, -0.15) is 0 Å². The molecule has 0 radical (unpaired) electrons. The van der Waals surface area contributed by atoms with Crippen molar-refractivity contribution in [3.05, 3.63) is 28.0 Å². The zero-order chi connectivity index (χ0) is 13.8. The topological polar surface area (TPSA) is 38.3 Å². The molecule has 1 saturated heterocycles. The van der Waals surface area contributed by atoms with E-state index in [0.717, 1.165) is 25.9 Å². The number of ether oxygens (including phenoxy) is 1. The third kappa shape index (κ3) is 4.01. The zero-order valence-corrected chi connectivity index (χ0v) is 12.4. The molecule has 19 heavy (non-hydrogen) atoms. The summed E-state index contributed by atoms with van der Waals surface area (Å²) in [5.41, 5.74) is 1.36. The first kappa shape index (κ1) is 14.5. The van der Waals surface area contributed by atoms with Crippen molar-refractivity contribution in [1.29, 1.82) is 0 Å². The van der Waals surface area contributed by atoms with Crippen molar-refractivity contribution in [3.63, 3.8) is 0 Å². The number of aryl methyl sites for hydroxylation is 1. The van der Waals surface area contributed by atoms with Gasteiger partial charge < -0.3 is 10.1 Å². The summed E-state index contributed by atoms with van der Waals surface area (Å²) in [6.45, 7) is 2.57. The first-order valence-corrected chi connectivity index (χ1v) is 7.22. The van der Waals surface area contributed by atoms with Crippen LogP contribution in [-0.4, -0.2) is 18.6 Å². The minimum atomic E-state index is -0.324. The number of hydrogen-bond acceptors (Lipinski definition) is 2. The Hall–Kier alpha value is -0.940. The van der Waals surface area contributed by atoms with E-state index < -0.39 is 0 Å². The van der Waals surface area contributed by atoms with Crippen LogP contribution in [0.15, 0.2) is 16.6 Å². The van der Waals surface area contributed by atoms with Crippen molar-refractivity contribution in [2.45, 2.75) is 38.7 Å². The first-order chi connectivity index (χ1) is 9.06. The minimum absolute atomic E-state index is 0.0582. The van der Waals surface area contributed by atoms with E-state index >= 15 is 0 Å². The molecule has 0 aromatic heterocycles. The second-order valence-corrected chi connectivity index (χ2v) is 5.66. The van der Waals surface area contributed by atoms with Gasteiger partial charge >= 0.3 is 0 Å². The molecule has 0 aliphatic carbocycles. The van der Waals surface area contributed by atoms with Crippen molar-refractivity contribution in [2.24, 2.45) is 0 Å². The lowest BCUT2D eigenvalue weighted by Crippen LogP contribution is -2.16. The molecular formula is C14H17BrFNO2. The summed E-state index contributed by atoms with van der Waals surface area (Å²) in [7, 11) is 0. The second kappa shape index (κ2) is 6.48. The Morgan fingerprint density at radius 1 is 1.58 bits per heavy atom. The van der Waals surface area contributed by atoms with Crippen LogP contribution in [0.2, 0.25) is 0 Å². The molecule has 1 aliphatic rings. The maximum Gasteiger partial charge on any atom is 0.224 e. The molecule has 0 saturated carbocycles. The van der Waals surface area contributed by atoms with Crippen LogP contribution in [0.3, 0.4) is 0 Å². The molecule has 0 spiro atoms. The molecule has 1 aromatic carbocycles. The highest BCUT2D eigenvalue weighted by Crippen LogP contribution is 2.24. The van der Waals surface area contributed by atoms with Gasteiger partial charge in [-0.25, -0.2) is 4.39 Å². The summed E-state index contributed by atoms with van der Waals surface area (Å²) < 4.78 is 19.1. The van der Waals surface area contributed by atoms with Crippen LogP contribution >= 0.6 is 15.9 Å². The summed E-state index contributed by atoms with van der Waals surface area (Å²) in [5.74, 6) is -0.382. The number of halogens is 2. The number of rotatable bonds is 4. The van der Waals surface area contributed by atoms with Crippen molar-refractivity contribution >= 4 is 27.5 Å². The Morgan fingerprint density at radius 3 is 3.05 bits per heavy atom. The quantitative estimate of drug-likeness (QED) is 0.912. The molecule has 5 heteroatoms. The second-order valence-electron chi connectivity index (χ2n) is 4.80. The van der Waals surface area contributed by atoms with Crippen LogP contribution in [0.25, 0.3) is 0 Å². The lowest BCUT2D eigenvalue weighted by atomic mass is 10.1. The van der Waals surface area contributed by atoms with Crippen LogP contribution in [0.4, 0.5) is 10.1 Å². The molecule has 104 valence electrons. The van der Waals surface area contributed by atoms with Crippen LogP contribution in [0.1, 0.15) is 31.2 Å². The largest absolute Gasteiger partial charge is 0.378 e. The Bertz CT molecular complexity index is 473. The normalized spacial score (nSPS) is 18.6. The Labute approximate surface area is 120 Å². The molecule has 3 nitrogen and oxygen atoms in total. The highest BCUT2D eigenvalue weighted by atomic mass is 79.9. The molecule has 1 amide bonds. The molecule has 1 unspecified atom stereocenters. The van der Waals surface area contributed by atoms with E-state index in [9.17, 15) is 9.18 Å². The van der Waals surface area contributed by atoms with Gasteiger partial charge in [0.1, 0.15) is 5.82 Å². The molecule has 2 rings (SSSR count). The summed E-state index contributed by atoms with van der Waals surface area (Å²) in [5, 5.41) is 2.81. The van der Waals surface area contributed by atoms with E-state index in [4.69, 9.17) is 4.74 Å². The predicted octanol–water partition coefficient (Wildman–Crippen LogP) is 3.79. The number of benzene rings is 1. The number of carbonyl (C=O) groups is 1. The highest BCUT2D eigenvalue weighted by molar-refractivity contribution is 9.10. The number of hydrogen-bond donors (Lipinski definition) is 1. The van der Waals surface area contributed by atoms with Crippen molar-refractivity contribution < 1.29 is 13.9 Å². The van der Waals surface area contributed by atoms with Gasteiger partial charge in [0, 0.05) is 18.7 Å². The van der Waals surface area contributed by atoms with Gasteiger partial charge in [-0.3, -0.25) is 4.79 Å². The maximum absolute atomic E-state index is 13.3. The standard InChI is InChI=1S/C14H17BrFNO2/c1-9-7-12(16)11(15)8-13(9)17-14(18)5-4-10-3-2-6-19-10/h7-8,10H,2-6H2,1H3,(H,17,18). The van der Waals surface area contributed by atoms with E-state index in [-0.39, 0.29) is 17.8 Å². The third-order valence-electron chi connectivity index (χ3n) is 3.26. The van der Waals surface area contributed by atoms with Crippen molar-refractivity contribution in [2.75, 3.05) is 11.9 Å². The Kier molecular flexibility index (Phi) is 4.93. The van der Waals surface area contributed by atoms with Gasteiger partial charge in [0.25, 0.3) is 0 Å². The van der Waals surface area contributed by atoms with Gasteiger partial charge in [0.05, 0.1) is 10.6 Å². The van der Waals surface area contributed by atoms with E-state index in [2.05, 4.69) is 21.2 Å². The summed E-state index contributed by atoms with van der Waals surface area (Å²) in [6.07, 6.45) is 3.50. The smallest absolute Gasteiger partial charge is 0.224 e. The van der Waals surface area contributed by atoms with Gasteiger partial charge in [-0.15, -0.1) is 0 Å². The zero-order valence-electron chi connectivity index (χ0n) is 10.8. The molecule has 1 atom stereocenters. The van der Waals surface area contributed by atoms with Crippen molar-refractivity contribution in [1.82, 2.24) is 0 Å². The van der Waals surface area contributed by atoms with Crippen molar-refractivity contribution in [3.8, 4) is 0 Å². The van der Waals surface area contributed by atoms with E-state index in [0.29, 0.717) is 22.1 Å². The first-order valence-electron chi connectivity index (χ1n) is 6.43. The lowest BCUT2D eigenvalue weighted by Gasteiger charge is -2.11. The number of amides is 1. The van der Waals surface area contributed by atoms with E-state index in [1.54, 1.807) is 13.0 Å². The SMILES string of the molecule is Cc1cc(F)c(Br)cc1NC(=O)CCC1CCCO1. The van der Waals surface area contributed by atoms with Gasteiger partial charge in [0.2, 0.25) is 5.91 Å². The summed E-state index contributed by atoms with van der Waals surface area (Å²) in [4.78, 5) is 11.8. The fraction of sp³-hybridized carbons (Fsp3) is 0.500. The summed E-state index contributed by atoms with van der Waals surface area (Å²) >= 11 is 3.12. The number of anilines is 1. The van der Waals surface area contributed by atoms with Gasteiger partial charge in [0.15, 0.2) is 0 Å². The van der Waals surface area contributed by atoms with Crippen LogP contribution in [0.5, 0.6) is 0 Å². The molecule has 1 aliphatic heterocycles. The fourth-order valence-electron chi connectivity index (χ4n) is 2.16. The van der Waals surface area contributed by atoms with E-state index in [1.807, 2.05) is 0 Å². The molecule has 1 aromatic rings. The number of carbonyl (C=O) groups excluding carboxylic acids is 1. The average molecular weight is 330 g/mol. The molecule has 1 N–H and O–H groups in total. The highest BCUT2D eigenvalue weighted by Gasteiger charge is 2.17. The van der Waals surface area contributed by atoms with Gasteiger partial charge in [-0.1, -0.05) is 0 Å². The molecule has 1 fully saturated rings. The Balaban J connectivity index is 1.89. The summed E-state index contributed by atoms with van der Waals surface area (Å²) in [6, 6.07) is 2.99.